The Balaban J connectivity index is 3.66. The lowest BCUT2D eigenvalue weighted by Crippen LogP contribution is -2.45. The summed E-state index contributed by atoms with van der Waals surface area (Å²) in [6, 6.07) is -0.738. The summed E-state index contributed by atoms with van der Waals surface area (Å²) in [5, 5.41) is 33.2. The molecule has 1 amide bonds. The van der Waals surface area contributed by atoms with Crippen molar-refractivity contribution in [2.24, 2.45) is 0 Å². The molecule has 0 aliphatic rings. The molecule has 3 atom stereocenters. The van der Waals surface area contributed by atoms with E-state index in [1.807, 2.05) is 6.08 Å². The van der Waals surface area contributed by atoms with Crippen LogP contribution in [-0.4, -0.2) is 46.1 Å². The van der Waals surface area contributed by atoms with Crippen LogP contribution < -0.4 is 5.32 Å². The minimum Gasteiger partial charge on any atom is -0.394 e. The van der Waals surface area contributed by atoms with Gasteiger partial charge in [0, 0.05) is 0 Å². The first kappa shape index (κ1) is 46.1. The highest BCUT2D eigenvalue weighted by atomic mass is 16.3. The number of carbonyl (C=O) groups is 1. The van der Waals surface area contributed by atoms with Gasteiger partial charge in [0.2, 0.25) is 5.91 Å². The van der Waals surface area contributed by atoms with Crippen molar-refractivity contribution in [2.75, 3.05) is 6.61 Å². The largest absolute Gasteiger partial charge is 0.394 e. The number of hydrogen-bond acceptors (Lipinski definition) is 4. The van der Waals surface area contributed by atoms with E-state index < -0.39 is 18.2 Å². The molecule has 0 aromatic carbocycles. The molecule has 0 saturated carbocycles. The maximum Gasteiger partial charge on any atom is 0.222 e. The zero-order chi connectivity index (χ0) is 34.5. The van der Waals surface area contributed by atoms with E-state index in [4.69, 9.17) is 0 Å². The van der Waals surface area contributed by atoms with Gasteiger partial charge in [-0.1, -0.05) is 212 Å². The van der Waals surface area contributed by atoms with E-state index in [2.05, 4.69) is 19.2 Å². The number of nitrogens with one attached hydrogen (secondary N) is 1. The van der Waals surface area contributed by atoms with Crippen LogP contribution in [0.5, 0.6) is 0 Å². The van der Waals surface area contributed by atoms with Crippen LogP contribution in [0.25, 0.3) is 0 Å². The third-order valence-corrected chi connectivity index (χ3v) is 9.82. The van der Waals surface area contributed by atoms with Crippen LogP contribution >= 0.6 is 0 Å². The Morgan fingerprint density at radius 3 is 1.23 bits per heavy atom. The Hall–Kier alpha value is -0.910. The Morgan fingerprint density at radius 1 is 0.532 bits per heavy atom. The zero-order valence-electron chi connectivity index (χ0n) is 31.7. The van der Waals surface area contributed by atoms with Gasteiger partial charge in [-0.3, -0.25) is 4.79 Å². The van der Waals surface area contributed by atoms with Gasteiger partial charge in [0.05, 0.1) is 31.3 Å². The number of amides is 1. The highest BCUT2D eigenvalue weighted by Gasteiger charge is 2.20. The molecule has 0 aliphatic heterocycles. The summed E-state index contributed by atoms with van der Waals surface area (Å²) in [5.74, 6) is -0.313. The molecule has 0 aromatic rings. The van der Waals surface area contributed by atoms with Crippen LogP contribution in [-0.2, 0) is 4.79 Å². The van der Waals surface area contributed by atoms with Gasteiger partial charge < -0.3 is 20.6 Å². The molecule has 0 aromatic heterocycles. The predicted octanol–water partition coefficient (Wildman–Crippen LogP) is 11.7. The first-order valence-electron chi connectivity index (χ1n) is 21.0. The van der Waals surface area contributed by atoms with Crippen molar-refractivity contribution in [1.82, 2.24) is 5.32 Å². The molecule has 280 valence electrons. The number of aliphatic hydroxyl groups excluding tert-OH is 3. The van der Waals surface area contributed by atoms with E-state index >= 15 is 0 Å². The molecule has 3 unspecified atom stereocenters. The smallest absolute Gasteiger partial charge is 0.222 e. The quantitative estimate of drug-likeness (QED) is 0.0390. The summed E-state index contributed by atoms with van der Waals surface area (Å²) in [6.07, 6.45) is 43.5. The van der Waals surface area contributed by atoms with E-state index in [1.54, 1.807) is 6.08 Å². The molecule has 5 nitrogen and oxygen atoms in total. The lowest BCUT2D eigenvalue weighted by Gasteiger charge is -2.21. The normalized spacial score (nSPS) is 13.7. The van der Waals surface area contributed by atoms with Gasteiger partial charge in [-0.2, -0.15) is 0 Å². The van der Waals surface area contributed by atoms with Crippen molar-refractivity contribution >= 4 is 5.91 Å². The van der Waals surface area contributed by atoms with Crippen molar-refractivity contribution in [3.05, 3.63) is 12.2 Å². The maximum atomic E-state index is 12.4. The minimum absolute atomic E-state index is 0.0183. The molecule has 5 heteroatoms. The Bertz CT molecular complexity index is 655. The summed E-state index contributed by atoms with van der Waals surface area (Å²) >= 11 is 0. The molecule has 0 rings (SSSR count). The van der Waals surface area contributed by atoms with Gasteiger partial charge in [-0.15, -0.1) is 0 Å². The molecule has 0 fully saturated rings. The standard InChI is InChI=1S/C42H83NO4/c1-3-5-7-9-11-13-15-17-18-19-20-21-22-24-26-28-30-32-34-36-41(46)40(38-44)43-42(47)37-39(45)35-33-31-29-27-25-23-16-14-12-10-8-6-4-2/h34,36,39-41,44-46H,3-33,35,37-38H2,1-2H3,(H,43,47)/b36-34+. The van der Waals surface area contributed by atoms with E-state index in [0.29, 0.717) is 6.42 Å². The van der Waals surface area contributed by atoms with Crippen molar-refractivity contribution in [2.45, 2.75) is 244 Å². The average molecular weight is 666 g/mol. The fourth-order valence-corrected chi connectivity index (χ4v) is 6.58. The van der Waals surface area contributed by atoms with E-state index in [1.165, 1.54) is 173 Å². The third-order valence-electron chi connectivity index (χ3n) is 9.82. The van der Waals surface area contributed by atoms with Crippen molar-refractivity contribution in [3.63, 3.8) is 0 Å². The molecular weight excluding hydrogens is 582 g/mol. The fourth-order valence-electron chi connectivity index (χ4n) is 6.58. The van der Waals surface area contributed by atoms with Gasteiger partial charge in [0.15, 0.2) is 0 Å². The Kier molecular flexibility index (Phi) is 37.2. The average Bonchev–Trinajstić information content (AvgIpc) is 3.06. The molecule has 0 radical (unpaired) electrons. The third kappa shape index (κ3) is 34.7. The summed E-state index contributed by atoms with van der Waals surface area (Å²) in [7, 11) is 0. The topological polar surface area (TPSA) is 89.8 Å². The monoisotopic (exact) mass is 666 g/mol. The number of hydrogen-bond donors (Lipinski definition) is 4. The van der Waals surface area contributed by atoms with E-state index in [0.717, 1.165) is 25.7 Å². The van der Waals surface area contributed by atoms with Crippen LogP contribution in [0.2, 0.25) is 0 Å². The molecule has 4 N–H and O–H groups in total. The van der Waals surface area contributed by atoms with Crippen LogP contribution in [0.3, 0.4) is 0 Å². The molecule has 47 heavy (non-hydrogen) atoms. The summed E-state index contributed by atoms with van der Waals surface area (Å²) in [5.41, 5.74) is 0. The molecule has 0 heterocycles. The first-order chi connectivity index (χ1) is 23.0. The van der Waals surface area contributed by atoms with Crippen molar-refractivity contribution in [1.29, 1.82) is 0 Å². The highest BCUT2D eigenvalue weighted by molar-refractivity contribution is 5.76. The number of carbonyl (C=O) groups excluding carboxylic acids is 1. The van der Waals surface area contributed by atoms with Crippen LogP contribution in [0.1, 0.15) is 226 Å². The van der Waals surface area contributed by atoms with Gasteiger partial charge >= 0.3 is 0 Å². The van der Waals surface area contributed by atoms with Crippen LogP contribution in [0, 0.1) is 0 Å². The molecule has 0 spiro atoms. The van der Waals surface area contributed by atoms with Crippen LogP contribution in [0.15, 0.2) is 12.2 Å². The molecule has 0 aliphatic carbocycles. The van der Waals surface area contributed by atoms with Crippen molar-refractivity contribution in [3.8, 4) is 0 Å². The first-order valence-corrected chi connectivity index (χ1v) is 21.0. The summed E-state index contributed by atoms with van der Waals surface area (Å²) < 4.78 is 0. The van der Waals surface area contributed by atoms with E-state index in [9.17, 15) is 20.1 Å². The van der Waals surface area contributed by atoms with Crippen LogP contribution in [0.4, 0.5) is 0 Å². The number of rotatable bonds is 38. The van der Waals surface area contributed by atoms with Gasteiger partial charge in [0.1, 0.15) is 0 Å². The molecule has 0 saturated heterocycles. The number of aliphatic hydroxyl groups is 3. The van der Waals surface area contributed by atoms with Gasteiger partial charge in [-0.25, -0.2) is 0 Å². The number of allylic oxidation sites excluding steroid dienone is 1. The lowest BCUT2D eigenvalue weighted by atomic mass is 10.0. The Morgan fingerprint density at radius 2 is 0.872 bits per heavy atom. The second-order valence-electron chi connectivity index (χ2n) is 14.6. The summed E-state index contributed by atoms with van der Waals surface area (Å²) in [4.78, 5) is 12.4. The second kappa shape index (κ2) is 37.9. The highest BCUT2D eigenvalue weighted by Crippen LogP contribution is 2.16. The minimum atomic E-state index is -0.923. The lowest BCUT2D eigenvalue weighted by molar-refractivity contribution is -0.124. The van der Waals surface area contributed by atoms with Crippen molar-refractivity contribution < 1.29 is 20.1 Å². The van der Waals surface area contributed by atoms with Gasteiger partial charge in [0.25, 0.3) is 0 Å². The van der Waals surface area contributed by atoms with Gasteiger partial charge in [-0.05, 0) is 19.3 Å². The Labute approximate surface area is 293 Å². The predicted molar refractivity (Wildman–Crippen MR) is 204 cm³/mol. The number of unbranched alkanes of at least 4 members (excludes halogenated alkanes) is 29. The maximum absolute atomic E-state index is 12.4. The molecular formula is C42H83NO4. The molecule has 0 bridgehead atoms. The van der Waals surface area contributed by atoms with E-state index in [-0.39, 0.29) is 18.9 Å². The second-order valence-corrected chi connectivity index (χ2v) is 14.6. The fraction of sp³-hybridized carbons (Fsp3) is 0.929. The SMILES string of the molecule is CCCCCCCCCCCCCCCCCCC/C=C/C(O)C(CO)NC(=O)CC(O)CCCCCCCCCCCCCCC. The zero-order valence-corrected chi connectivity index (χ0v) is 31.7. The summed E-state index contributed by atoms with van der Waals surface area (Å²) in [6.45, 7) is 4.22.